The van der Waals surface area contributed by atoms with Crippen LogP contribution < -0.4 is 10.6 Å². The second kappa shape index (κ2) is 6.78. The number of alkyl halides is 3. The van der Waals surface area contributed by atoms with E-state index < -0.39 is 23.9 Å². The van der Waals surface area contributed by atoms with Gasteiger partial charge in [0, 0.05) is 18.5 Å². The fraction of sp³-hybridized carbons (Fsp3) is 0.929. The van der Waals surface area contributed by atoms with Crippen molar-refractivity contribution >= 4 is 5.91 Å². The zero-order chi connectivity index (χ0) is 14.6. The summed E-state index contributed by atoms with van der Waals surface area (Å²) in [6.07, 6.45) is 0.666. The summed E-state index contributed by atoms with van der Waals surface area (Å²) in [7, 11) is 0. The van der Waals surface area contributed by atoms with Gasteiger partial charge in [-0.3, -0.25) is 4.79 Å². The van der Waals surface area contributed by atoms with E-state index in [1.807, 2.05) is 0 Å². The molecule has 0 saturated heterocycles. The lowest BCUT2D eigenvalue weighted by molar-refractivity contribution is -0.198. The molecular formula is C14H23F3N2O. The van der Waals surface area contributed by atoms with E-state index in [-0.39, 0.29) is 6.42 Å². The molecule has 0 bridgehead atoms. The third-order valence-electron chi connectivity index (χ3n) is 4.19. The molecule has 0 spiro atoms. The zero-order valence-electron chi connectivity index (χ0n) is 11.6. The summed E-state index contributed by atoms with van der Waals surface area (Å²) in [6.45, 7) is 1.28. The van der Waals surface area contributed by atoms with Crippen LogP contribution >= 0.6 is 0 Å². The second-order valence-corrected chi connectivity index (χ2v) is 5.91. The Morgan fingerprint density at radius 2 is 1.75 bits per heavy atom. The zero-order valence-corrected chi connectivity index (χ0v) is 11.6. The molecule has 0 radical (unpaired) electrons. The fourth-order valence-corrected chi connectivity index (χ4v) is 2.86. The highest BCUT2D eigenvalue weighted by Gasteiger charge is 2.47. The molecule has 2 atom stereocenters. The maximum Gasteiger partial charge on any atom is 0.392 e. The van der Waals surface area contributed by atoms with Crippen LogP contribution in [0.15, 0.2) is 0 Å². The Balaban J connectivity index is 1.71. The van der Waals surface area contributed by atoms with E-state index in [0.717, 1.165) is 13.0 Å². The van der Waals surface area contributed by atoms with Crippen LogP contribution in [0.5, 0.6) is 0 Å². The molecule has 0 aliphatic heterocycles. The van der Waals surface area contributed by atoms with Gasteiger partial charge in [0.2, 0.25) is 5.91 Å². The SMILES string of the molecule is O=C(NCCCNC1CC1)C1CCCCC1C(F)(F)F. The highest BCUT2D eigenvalue weighted by atomic mass is 19.4. The Labute approximate surface area is 117 Å². The molecule has 2 aliphatic rings. The van der Waals surface area contributed by atoms with E-state index in [2.05, 4.69) is 10.6 Å². The van der Waals surface area contributed by atoms with Crippen molar-refractivity contribution in [3.63, 3.8) is 0 Å². The van der Waals surface area contributed by atoms with Gasteiger partial charge in [-0.25, -0.2) is 0 Å². The largest absolute Gasteiger partial charge is 0.392 e. The number of halogens is 3. The summed E-state index contributed by atoms with van der Waals surface area (Å²) >= 11 is 0. The minimum Gasteiger partial charge on any atom is -0.356 e. The first-order valence-corrected chi connectivity index (χ1v) is 7.56. The van der Waals surface area contributed by atoms with Gasteiger partial charge in [-0.05, 0) is 38.6 Å². The maximum absolute atomic E-state index is 12.9. The quantitative estimate of drug-likeness (QED) is 0.739. The molecule has 20 heavy (non-hydrogen) atoms. The Kier molecular flexibility index (Phi) is 5.29. The molecule has 2 unspecified atom stereocenters. The molecule has 0 aromatic rings. The first kappa shape index (κ1) is 15.6. The van der Waals surface area contributed by atoms with Gasteiger partial charge in [0.25, 0.3) is 0 Å². The topological polar surface area (TPSA) is 41.1 Å². The van der Waals surface area contributed by atoms with E-state index in [0.29, 0.717) is 31.8 Å². The minimum atomic E-state index is -4.25. The molecule has 2 saturated carbocycles. The molecule has 2 aliphatic carbocycles. The number of nitrogens with one attached hydrogen (secondary N) is 2. The smallest absolute Gasteiger partial charge is 0.356 e. The molecule has 6 heteroatoms. The van der Waals surface area contributed by atoms with Crippen molar-refractivity contribution in [2.24, 2.45) is 11.8 Å². The molecule has 2 rings (SSSR count). The van der Waals surface area contributed by atoms with Crippen LogP contribution in [0, 0.1) is 11.8 Å². The molecule has 2 fully saturated rings. The van der Waals surface area contributed by atoms with Gasteiger partial charge in [-0.2, -0.15) is 13.2 Å². The van der Waals surface area contributed by atoms with Crippen molar-refractivity contribution in [2.75, 3.05) is 13.1 Å². The van der Waals surface area contributed by atoms with Gasteiger partial charge >= 0.3 is 6.18 Å². The lowest BCUT2D eigenvalue weighted by atomic mass is 9.78. The summed E-state index contributed by atoms with van der Waals surface area (Å²) in [6, 6.07) is 0.624. The molecule has 0 heterocycles. The van der Waals surface area contributed by atoms with Crippen molar-refractivity contribution in [1.82, 2.24) is 10.6 Å². The van der Waals surface area contributed by atoms with Crippen molar-refractivity contribution in [3.8, 4) is 0 Å². The summed E-state index contributed by atoms with van der Waals surface area (Å²) < 4.78 is 38.7. The Morgan fingerprint density at radius 1 is 1.05 bits per heavy atom. The first-order valence-electron chi connectivity index (χ1n) is 7.56. The molecule has 1 amide bonds. The van der Waals surface area contributed by atoms with Crippen LogP contribution in [0.1, 0.15) is 44.9 Å². The van der Waals surface area contributed by atoms with Gasteiger partial charge in [0.1, 0.15) is 0 Å². The molecule has 0 aromatic carbocycles. The highest BCUT2D eigenvalue weighted by Crippen LogP contribution is 2.41. The number of rotatable bonds is 6. The van der Waals surface area contributed by atoms with E-state index in [4.69, 9.17) is 0 Å². The normalized spacial score (nSPS) is 27.4. The Hall–Kier alpha value is -0.780. The summed E-state index contributed by atoms with van der Waals surface area (Å²) in [5, 5.41) is 5.98. The average molecular weight is 292 g/mol. The van der Waals surface area contributed by atoms with E-state index in [9.17, 15) is 18.0 Å². The van der Waals surface area contributed by atoms with Crippen molar-refractivity contribution in [1.29, 1.82) is 0 Å². The fourth-order valence-electron chi connectivity index (χ4n) is 2.86. The van der Waals surface area contributed by atoms with Crippen molar-refractivity contribution in [2.45, 2.75) is 57.2 Å². The molecular weight excluding hydrogens is 269 g/mol. The molecule has 3 nitrogen and oxygen atoms in total. The molecule has 2 N–H and O–H groups in total. The average Bonchev–Trinajstić information content (AvgIpc) is 3.21. The summed E-state index contributed by atoms with van der Waals surface area (Å²) in [5.74, 6) is -2.76. The molecule has 0 aromatic heterocycles. The number of hydrogen-bond donors (Lipinski definition) is 2. The van der Waals surface area contributed by atoms with Crippen LogP contribution in [0.25, 0.3) is 0 Å². The van der Waals surface area contributed by atoms with Crippen molar-refractivity contribution < 1.29 is 18.0 Å². The van der Waals surface area contributed by atoms with E-state index in [1.165, 1.54) is 12.8 Å². The monoisotopic (exact) mass is 292 g/mol. The lowest BCUT2D eigenvalue weighted by Gasteiger charge is -2.32. The van der Waals surface area contributed by atoms with Crippen LogP contribution in [0.3, 0.4) is 0 Å². The number of hydrogen-bond acceptors (Lipinski definition) is 2. The summed E-state index contributed by atoms with van der Waals surface area (Å²) in [5.41, 5.74) is 0. The van der Waals surface area contributed by atoms with E-state index in [1.54, 1.807) is 0 Å². The third kappa shape index (κ3) is 4.65. The Bertz CT molecular complexity index is 329. The lowest BCUT2D eigenvalue weighted by Crippen LogP contribution is -2.43. The first-order chi connectivity index (χ1) is 9.48. The van der Waals surface area contributed by atoms with Gasteiger partial charge in [0.15, 0.2) is 0 Å². The standard InChI is InChI=1S/C14H23F3N2O/c15-14(16,17)12-5-2-1-4-11(12)13(20)19-9-3-8-18-10-6-7-10/h10-12,18H,1-9H2,(H,19,20). The van der Waals surface area contributed by atoms with Crippen LogP contribution in [-0.4, -0.2) is 31.2 Å². The number of carbonyl (C=O) groups is 1. The van der Waals surface area contributed by atoms with E-state index >= 15 is 0 Å². The van der Waals surface area contributed by atoms with Crippen LogP contribution in [-0.2, 0) is 4.79 Å². The van der Waals surface area contributed by atoms with Crippen LogP contribution in [0.4, 0.5) is 13.2 Å². The van der Waals surface area contributed by atoms with Crippen LogP contribution in [0.2, 0.25) is 0 Å². The van der Waals surface area contributed by atoms with Gasteiger partial charge in [-0.15, -0.1) is 0 Å². The number of carbonyl (C=O) groups excluding carboxylic acids is 1. The van der Waals surface area contributed by atoms with Gasteiger partial charge < -0.3 is 10.6 Å². The second-order valence-electron chi connectivity index (χ2n) is 5.91. The third-order valence-corrected chi connectivity index (χ3v) is 4.19. The Morgan fingerprint density at radius 3 is 2.40 bits per heavy atom. The maximum atomic E-state index is 12.9. The van der Waals surface area contributed by atoms with Gasteiger partial charge in [-0.1, -0.05) is 12.8 Å². The predicted octanol–water partition coefficient (Wildman–Crippen LogP) is 2.61. The highest BCUT2D eigenvalue weighted by molar-refractivity contribution is 5.79. The summed E-state index contributed by atoms with van der Waals surface area (Å²) in [4.78, 5) is 11.9. The van der Waals surface area contributed by atoms with Gasteiger partial charge in [0.05, 0.1) is 5.92 Å². The minimum absolute atomic E-state index is 0.0881. The number of amides is 1. The predicted molar refractivity (Wildman–Crippen MR) is 70.2 cm³/mol. The molecule has 116 valence electrons. The van der Waals surface area contributed by atoms with Crippen molar-refractivity contribution in [3.05, 3.63) is 0 Å².